The lowest BCUT2D eigenvalue weighted by Gasteiger charge is -2.05. The van der Waals surface area contributed by atoms with E-state index in [-0.39, 0.29) is 11.8 Å². The van der Waals surface area contributed by atoms with Gasteiger partial charge in [-0.05, 0) is 60.7 Å². The average Bonchev–Trinajstić information content (AvgIpc) is 2.93. The molecule has 2 amide bonds. The number of pyridine rings is 2. The predicted octanol–water partition coefficient (Wildman–Crippen LogP) is 5.62. The van der Waals surface area contributed by atoms with Crippen LogP contribution in [0.15, 0.2) is 95.1 Å². The molecule has 0 atom stereocenters. The molecule has 2 N–H and O–H groups in total. The molecule has 5 rings (SSSR count). The van der Waals surface area contributed by atoms with Gasteiger partial charge in [-0.3, -0.25) is 9.59 Å². The molecular formula is C28H18Cl2N6O2. The van der Waals surface area contributed by atoms with Crippen molar-refractivity contribution >= 4 is 69.3 Å². The first-order valence-corrected chi connectivity index (χ1v) is 12.1. The summed E-state index contributed by atoms with van der Waals surface area (Å²) in [5.41, 5.74) is 8.24. The Labute approximate surface area is 227 Å². The first kappa shape index (κ1) is 25.0. The number of carbonyl (C=O) groups excluding carboxylic acids is 2. The number of aromatic nitrogens is 2. The van der Waals surface area contributed by atoms with Crippen molar-refractivity contribution in [2.75, 3.05) is 0 Å². The summed E-state index contributed by atoms with van der Waals surface area (Å²) in [5.74, 6) is -0.726. The zero-order valence-corrected chi connectivity index (χ0v) is 21.1. The second-order valence-corrected chi connectivity index (χ2v) is 8.97. The summed E-state index contributed by atoms with van der Waals surface area (Å²) < 4.78 is 0. The molecule has 2 heterocycles. The minimum Gasteiger partial charge on any atom is -0.267 e. The van der Waals surface area contributed by atoms with Gasteiger partial charge in [0, 0.05) is 31.9 Å². The molecule has 0 bridgehead atoms. The van der Waals surface area contributed by atoms with Crippen molar-refractivity contribution in [1.82, 2.24) is 20.8 Å². The van der Waals surface area contributed by atoms with E-state index in [2.05, 4.69) is 31.0 Å². The number of hydrogen-bond acceptors (Lipinski definition) is 6. The van der Waals surface area contributed by atoms with Gasteiger partial charge in [0.25, 0.3) is 11.8 Å². The molecule has 0 saturated heterocycles. The molecular weight excluding hydrogens is 523 g/mol. The van der Waals surface area contributed by atoms with Gasteiger partial charge < -0.3 is 0 Å². The highest BCUT2D eigenvalue weighted by Crippen LogP contribution is 2.22. The molecule has 0 aliphatic rings. The van der Waals surface area contributed by atoms with E-state index < -0.39 is 0 Å². The topological polar surface area (TPSA) is 109 Å². The fourth-order valence-electron chi connectivity index (χ4n) is 3.59. The molecule has 0 radical (unpaired) electrons. The average molecular weight is 541 g/mol. The van der Waals surface area contributed by atoms with Gasteiger partial charge in [0.05, 0.1) is 34.9 Å². The van der Waals surface area contributed by atoms with E-state index in [1.807, 2.05) is 24.3 Å². The van der Waals surface area contributed by atoms with Gasteiger partial charge in [-0.25, -0.2) is 20.8 Å². The molecule has 5 aromatic rings. The second kappa shape index (κ2) is 11.2. The van der Waals surface area contributed by atoms with Crippen LogP contribution < -0.4 is 10.9 Å². The lowest BCUT2D eigenvalue weighted by atomic mass is 10.1. The highest BCUT2D eigenvalue weighted by Gasteiger charge is 2.07. The molecule has 38 heavy (non-hydrogen) atoms. The molecule has 2 aromatic heterocycles. The lowest BCUT2D eigenvalue weighted by Crippen LogP contribution is -2.17. The first-order chi connectivity index (χ1) is 18.5. The number of carbonyl (C=O) groups is 2. The molecule has 10 heteroatoms. The molecule has 0 fully saturated rings. The van der Waals surface area contributed by atoms with Crippen molar-refractivity contribution in [2.24, 2.45) is 10.2 Å². The number of nitrogens with zero attached hydrogens (tertiary/aromatic N) is 4. The number of fused-ring (bicyclic) bond motifs is 3. The molecule has 186 valence electrons. The molecule has 0 saturated carbocycles. The summed E-state index contributed by atoms with van der Waals surface area (Å²) in [6.07, 6.45) is 2.92. The number of hydrogen-bond donors (Lipinski definition) is 2. The van der Waals surface area contributed by atoms with Crippen molar-refractivity contribution < 1.29 is 9.59 Å². The Morgan fingerprint density at radius 2 is 0.947 bits per heavy atom. The number of rotatable bonds is 6. The van der Waals surface area contributed by atoms with Gasteiger partial charge in [0.2, 0.25) is 0 Å². The van der Waals surface area contributed by atoms with Gasteiger partial charge in [0.1, 0.15) is 0 Å². The molecule has 3 aromatic carbocycles. The van der Waals surface area contributed by atoms with Gasteiger partial charge in [0.15, 0.2) is 0 Å². The Kier molecular flexibility index (Phi) is 7.35. The molecule has 0 spiro atoms. The van der Waals surface area contributed by atoms with Gasteiger partial charge >= 0.3 is 0 Å². The SMILES string of the molecule is O=C(N/N=C/c1ccc2ccc3ccc(/C=N/NC(=O)c4ccc(Cl)cc4)nc3c2n1)c1ccc(Cl)cc1. The van der Waals surface area contributed by atoms with Crippen LogP contribution in [-0.4, -0.2) is 34.2 Å². The molecule has 0 aliphatic heterocycles. The Morgan fingerprint density at radius 3 is 1.34 bits per heavy atom. The summed E-state index contributed by atoms with van der Waals surface area (Å²) >= 11 is 11.7. The van der Waals surface area contributed by atoms with Crippen LogP contribution in [0.25, 0.3) is 21.8 Å². The maximum Gasteiger partial charge on any atom is 0.271 e. The summed E-state index contributed by atoms with van der Waals surface area (Å²) in [7, 11) is 0. The molecule has 0 aliphatic carbocycles. The standard InChI is InChI=1S/C28H18Cl2N6O2/c29-21-9-3-19(4-10-21)27(37)35-31-15-23-13-7-17-1-2-18-8-14-24(34-26(18)25(17)33-23)16-32-36-28(38)20-5-11-22(30)12-6-20/h1-16H,(H,35,37)(H,36,38)/b31-15+,32-16+. The third kappa shape index (κ3) is 5.83. The van der Waals surface area contributed by atoms with Crippen molar-refractivity contribution in [3.8, 4) is 0 Å². The fraction of sp³-hybridized carbons (Fsp3) is 0. The van der Waals surface area contributed by atoms with Gasteiger partial charge in [-0.2, -0.15) is 10.2 Å². The Bertz CT molecular complexity index is 1590. The highest BCUT2D eigenvalue weighted by molar-refractivity contribution is 6.31. The monoisotopic (exact) mass is 540 g/mol. The van der Waals surface area contributed by atoms with Gasteiger partial charge in [-0.15, -0.1) is 0 Å². The number of amides is 2. The summed E-state index contributed by atoms with van der Waals surface area (Å²) in [4.78, 5) is 33.9. The molecule has 0 unspecified atom stereocenters. The quantitative estimate of drug-likeness (QED) is 0.165. The number of hydrazone groups is 2. The fourth-order valence-corrected chi connectivity index (χ4v) is 3.84. The predicted molar refractivity (Wildman–Crippen MR) is 150 cm³/mol. The van der Waals surface area contributed by atoms with E-state index in [0.29, 0.717) is 43.6 Å². The third-order valence-electron chi connectivity index (χ3n) is 5.50. The van der Waals surface area contributed by atoms with Crippen LogP contribution in [0.3, 0.4) is 0 Å². The minimum absolute atomic E-state index is 0.363. The lowest BCUT2D eigenvalue weighted by molar-refractivity contribution is 0.0947. The van der Waals surface area contributed by atoms with Crippen molar-refractivity contribution in [2.45, 2.75) is 0 Å². The van der Waals surface area contributed by atoms with Crippen LogP contribution in [0.4, 0.5) is 0 Å². The van der Waals surface area contributed by atoms with E-state index in [1.54, 1.807) is 60.7 Å². The summed E-state index contributed by atoms with van der Waals surface area (Å²) in [6, 6.07) is 24.3. The minimum atomic E-state index is -0.363. The van der Waals surface area contributed by atoms with Crippen molar-refractivity contribution in [3.05, 3.63) is 117 Å². The van der Waals surface area contributed by atoms with Crippen LogP contribution >= 0.6 is 23.2 Å². The van der Waals surface area contributed by atoms with E-state index >= 15 is 0 Å². The van der Waals surface area contributed by atoms with E-state index in [1.165, 1.54) is 12.4 Å². The van der Waals surface area contributed by atoms with E-state index in [4.69, 9.17) is 23.2 Å². The zero-order chi connectivity index (χ0) is 26.5. The van der Waals surface area contributed by atoms with E-state index in [0.717, 1.165) is 10.8 Å². The normalized spacial score (nSPS) is 11.4. The number of halogens is 2. The van der Waals surface area contributed by atoms with Crippen LogP contribution in [0.1, 0.15) is 32.1 Å². The van der Waals surface area contributed by atoms with E-state index in [9.17, 15) is 9.59 Å². The maximum atomic E-state index is 12.3. The molecule has 8 nitrogen and oxygen atoms in total. The van der Waals surface area contributed by atoms with Gasteiger partial charge in [-0.1, -0.05) is 47.5 Å². The van der Waals surface area contributed by atoms with Crippen LogP contribution in [0.5, 0.6) is 0 Å². The maximum absolute atomic E-state index is 12.3. The largest absolute Gasteiger partial charge is 0.271 e. The number of benzene rings is 3. The smallest absolute Gasteiger partial charge is 0.267 e. The Balaban J connectivity index is 1.34. The zero-order valence-electron chi connectivity index (χ0n) is 19.6. The highest BCUT2D eigenvalue weighted by atomic mass is 35.5. The summed E-state index contributed by atoms with van der Waals surface area (Å²) in [6.45, 7) is 0. The summed E-state index contributed by atoms with van der Waals surface area (Å²) in [5, 5.41) is 10.9. The van der Waals surface area contributed by atoms with Crippen LogP contribution in [0.2, 0.25) is 10.0 Å². The van der Waals surface area contributed by atoms with Crippen LogP contribution in [0, 0.1) is 0 Å². The second-order valence-electron chi connectivity index (χ2n) is 8.09. The Hall–Kier alpha value is -4.66. The van der Waals surface area contributed by atoms with Crippen molar-refractivity contribution in [1.29, 1.82) is 0 Å². The van der Waals surface area contributed by atoms with Crippen LogP contribution in [-0.2, 0) is 0 Å². The Morgan fingerprint density at radius 1 is 0.579 bits per heavy atom. The first-order valence-electron chi connectivity index (χ1n) is 11.3. The third-order valence-corrected chi connectivity index (χ3v) is 6.01. The van der Waals surface area contributed by atoms with Crippen molar-refractivity contribution in [3.63, 3.8) is 0 Å². The number of nitrogens with one attached hydrogen (secondary N) is 2.